The van der Waals surface area contributed by atoms with Crippen molar-refractivity contribution in [3.63, 3.8) is 0 Å². The molecule has 2 aromatic heterocycles. The maximum absolute atomic E-state index is 10.6. The molecule has 1 unspecified atom stereocenters. The Hall–Kier alpha value is -2.76. The van der Waals surface area contributed by atoms with Crippen molar-refractivity contribution in [3.05, 3.63) is 54.1 Å². The largest absolute Gasteiger partial charge is 0.481 e. The van der Waals surface area contributed by atoms with Gasteiger partial charge in [0, 0.05) is 31.2 Å². The minimum Gasteiger partial charge on any atom is -0.481 e. The zero-order valence-electron chi connectivity index (χ0n) is 11.8. The highest BCUT2D eigenvalue weighted by molar-refractivity contribution is 6.15. The van der Waals surface area contributed by atoms with Crippen LogP contribution in [0.4, 0.5) is 0 Å². The number of aliphatic carboxylic acids is 2. The minimum atomic E-state index is -0.845. The van der Waals surface area contributed by atoms with Gasteiger partial charge in [-0.05, 0) is 36.8 Å². The monoisotopic (exact) mass is 300 g/mol. The number of fused-ring (bicyclic) bond motifs is 2. The van der Waals surface area contributed by atoms with Crippen LogP contribution in [0.3, 0.4) is 0 Å². The van der Waals surface area contributed by atoms with Gasteiger partial charge in [0.15, 0.2) is 0 Å². The first-order valence-corrected chi connectivity index (χ1v) is 7.04. The SMILES string of the molecule is O=C(O)C1=CCn2cccc21.O=C(O)C1CCn2cccc21. The molecule has 6 heteroatoms. The molecule has 0 bridgehead atoms. The van der Waals surface area contributed by atoms with Crippen LogP contribution in [0, 0.1) is 0 Å². The number of carboxylic acid groups (broad SMARTS) is 2. The first-order valence-electron chi connectivity index (χ1n) is 7.04. The Morgan fingerprint density at radius 3 is 2.55 bits per heavy atom. The number of hydrogen-bond acceptors (Lipinski definition) is 2. The van der Waals surface area contributed by atoms with Crippen LogP contribution in [0.2, 0.25) is 0 Å². The summed E-state index contributed by atoms with van der Waals surface area (Å²) in [4.78, 5) is 21.2. The normalized spacial score (nSPS) is 18.0. The topological polar surface area (TPSA) is 84.5 Å². The smallest absolute Gasteiger partial charge is 0.337 e. The second-order valence-electron chi connectivity index (χ2n) is 5.27. The second-order valence-corrected chi connectivity index (χ2v) is 5.27. The Kier molecular flexibility index (Phi) is 3.58. The average molecular weight is 300 g/mol. The molecule has 114 valence electrons. The highest BCUT2D eigenvalue weighted by Gasteiger charge is 2.27. The lowest BCUT2D eigenvalue weighted by atomic mass is 10.1. The third kappa shape index (κ3) is 2.43. The van der Waals surface area contributed by atoms with Crippen molar-refractivity contribution < 1.29 is 19.8 Å². The van der Waals surface area contributed by atoms with Crippen LogP contribution in [0.5, 0.6) is 0 Å². The maximum Gasteiger partial charge on any atom is 0.337 e. The van der Waals surface area contributed by atoms with E-state index < -0.39 is 11.9 Å². The summed E-state index contributed by atoms with van der Waals surface area (Å²) in [6, 6.07) is 7.44. The number of aromatic nitrogens is 2. The molecule has 2 aliphatic heterocycles. The van der Waals surface area contributed by atoms with Gasteiger partial charge in [-0.2, -0.15) is 0 Å². The van der Waals surface area contributed by atoms with Crippen LogP contribution >= 0.6 is 0 Å². The van der Waals surface area contributed by atoms with Crippen molar-refractivity contribution in [1.29, 1.82) is 0 Å². The summed E-state index contributed by atoms with van der Waals surface area (Å²) in [6.07, 6.45) is 6.27. The molecule has 0 saturated heterocycles. The van der Waals surface area contributed by atoms with Gasteiger partial charge >= 0.3 is 11.9 Å². The molecule has 0 amide bonds. The van der Waals surface area contributed by atoms with Gasteiger partial charge in [-0.15, -0.1) is 0 Å². The summed E-state index contributed by atoms with van der Waals surface area (Å²) in [5, 5.41) is 17.5. The Balaban J connectivity index is 0.000000131. The molecule has 0 fully saturated rings. The summed E-state index contributed by atoms with van der Waals surface area (Å²) < 4.78 is 3.90. The Bertz CT molecular complexity index is 753. The number of carboxylic acids is 2. The zero-order chi connectivity index (χ0) is 15.7. The minimum absolute atomic E-state index is 0.273. The van der Waals surface area contributed by atoms with Gasteiger partial charge in [0.25, 0.3) is 0 Å². The van der Waals surface area contributed by atoms with E-state index in [1.807, 2.05) is 45.8 Å². The number of carbonyl (C=O) groups is 2. The number of nitrogens with zero attached hydrogens (tertiary/aromatic N) is 2. The van der Waals surface area contributed by atoms with Gasteiger partial charge in [0.1, 0.15) is 0 Å². The third-order valence-corrected chi connectivity index (χ3v) is 4.01. The van der Waals surface area contributed by atoms with Crippen LogP contribution in [-0.4, -0.2) is 31.3 Å². The van der Waals surface area contributed by atoms with E-state index in [2.05, 4.69) is 0 Å². The average Bonchev–Trinajstić information content (AvgIpc) is 3.19. The van der Waals surface area contributed by atoms with Gasteiger partial charge in [-0.3, -0.25) is 4.79 Å². The lowest BCUT2D eigenvalue weighted by Gasteiger charge is -2.00. The molecular formula is C16H16N2O4. The predicted octanol–water partition coefficient (Wildman–Crippen LogP) is 2.03. The summed E-state index contributed by atoms with van der Waals surface area (Å²) >= 11 is 0. The molecule has 0 saturated carbocycles. The van der Waals surface area contributed by atoms with E-state index in [4.69, 9.17) is 10.2 Å². The molecule has 0 radical (unpaired) electrons. The quantitative estimate of drug-likeness (QED) is 0.888. The van der Waals surface area contributed by atoms with Crippen molar-refractivity contribution in [2.45, 2.75) is 25.4 Å². The Labute approximate surface area is 126 Å². The van der Waals surface area contributed by atoms with Crippen LogP contribution in [-0.2, 0) is 22.7 Å². The fourth-order valence-corrected chi connectivity index (χ4v) is 2.92. The van der Waals surface area contributed by atoms with Crippen molar-refractivity contribution in [3.8, 4) is 0 Å². The molecule has 6 nitrogen and oxygen atoms in total. The Morgan fingerprint density at radius 2 is 1.82 bits per heavy atom. The summed E-state index contributed by atoms with van der Waals surface area (Å²) in [7, 11) is 0. The molecule has 1 atom stereocenters. The molecule has 22 heavy (non-hydrogen) atoms. The first-order chi connectivity index (χ1) is 10.6. The van der Waals surface area contributed by atoms with Gasteiger partial charge in [0.05, 0.1) is 17.2 Å². The highest BCUT2D eigenvalue weighted by Crippen LogP contribution is 2.27. The van der Waals surface area contributed by atoms with Crippen molar-refractivity contribution in [2.75, 3.05) is 0 Å². The molecule has 2 aromatic rings. The zero-order valence-corrected chi connectivity index (χ0v) is 11.8. The third-order valence-electron chi connectivity index (χ3n) is 4.01. The lowest BCUT2D eigenvalue weighted by Crippen LogP contribution is -2.07. The maximum atomic E-state index is 10.6. The molecule has 0 aliphatic carbocycles. The van der Waals surface area contributed by atoms with E-state index in [1.54, 1.807) is 6.08 Å². The van der Waals surface area contributed by atoms with Crippen LogP contribution in [0.25, 0.3) is 5.57 Å². The van der Waals surface area contributed by atoms with Gasteiger partial charge < -0.3 is 19.3 Å². The number of allylic oxidation sites excluding steroid dienone is 1. The highest BCUT2D eigenvalue weighted by atomic mass is 16.4. The van der Waals surface area contributed by atoms with Gasteiger partial charge in [0.2, 0.25) is 0 Å². The van der Waals surface area contributed by atoms with Crippen molar-refractivity contribution in [2.24, 2.45) is 0 Å². The van der Waals surface area contributed by atoms with Crippen molar-refractivity contribution in [1.82, 2.24) is 9.13 Å². The van der Waals surface area contributed by atoms with Crippen LogP contribution < -0.4 is 0 Å². The van der Waals surface area contributed by atoms with E-state index in [0.717, 1.165) is 24.4 Å². The number of aryl methyl sites for hydroxylation is 1. The molecule has 0 aromatic carbocycles. The fraction of sp³-hybridized carbons (Fsp3) is 0.250. The number of rotatable bonds is 2. The molecule has 2 N–H and O–H groups in total. The summed E-state index contributed by atoms with van der Waals surface area (Å²) in [5.41, 5.74) is 2.16. The molecule has 0 spiro atoms. The second kappa shape index (κ2) is 5.55. The van der Waals surface area contributed by atoms with Gasteiger partial charge in [-0.25, -0.2) is 4.79 Å². The summed E-state index contributed by atoms with van der Waals surface area (Å²) in [6.45, 7) is 1.53. The standard InChI is InChI=1S/C8H9NO2.C8H7NO2/c2*10-8(11)6-3-5-9-4-1-2-7(6)9/h1-2,4,6H,3,5H2,(H,10,11);1-4H,5H2,(H,10,11). The van der Waals surface area contributed by atoms with Crippen molar-refractivity contribution >= 4 is 17.5 Å². The van der Waals surface area contributed by atoms with Crippen LogP contribution in [0.15, 0.2) is 42.7 Å². The predicted molar refractivity (Wildman–Crippen MR) is 79.5 cm³/mol. The first kappa shape index (κ1) is 14.2. The molecule has 4 rings (SSSR count). The summed E-state index contributed by atoms with van der Waals surface area (Å²) in [5.74, 6) is -1.82. The fourth-order valence-electron chi connectivity index (χ4n) is 2.92. The van der Waals surface area contributed by atoms with E-state index in [-0.39, 0.29) is 5.92 Å². The lowest BCUT2D eigenvalue weighted by molar-refractivity contribution is -0.138. The van der Waals surface area contributed by atoms with E-state index in [1.165, 1.54) is 0 Å². The molecule has 2 aliphatic rings. The van der Waals surface area contributed by atoms with Gasteiger partial charge in [-0.1, -0.05) is 0 Å². The Morgan fingerprint density at radius 1 is 1.09 bits per heavy atom. The number of hydrogen-bond donors (Lipinski definition) is 2. The van der Waals surface area contributed by atoms with Crippen LogP contribution in [0.1, 0.15) is 23.7 Å². The molecule has 4 heterocycles. The van der Waals surface area contributed by atoms with E-state index in [0.29, 0.717) is 12.1 Å². The van der Waals surface area contributed by atoms with E-state index in [9.17, 15) is 9.59 Å². The molecular weight excluding hydrogens is 284 g/mol. The van der Waals surface area contributed by atoms with E-state index >= 15 is 0 Å².